The highest BCUT2D eigenvalue weighted by Crippen LogP contribution is 2.41. The summed E-state index contributed by atoms with van der Waals surface area (Å²) < 4.78 is 71.3. The van der Waals surface area contributed by atoms with Crippen LogP contribution >= 0.6 is 0 Å². The van der Waals surface area contributed by atoms with E-state index >= 15 is 0 Å². The standard InChI is InChI=1S/C42H52N10O10S2/c1-10-50-39(53)33(24-43)27(7)37(41(50)55)48-46-29-14-16-31(34(22-29)52(63(57)58)19-13-21-62-26(5)6)32-17-15-30(23-35(32)64(59,60)45-18-12-20-61-25(3)4)47-49-38-28(8)36(44-9)40(54)51(11-2)42(38)56/h14-17,22-23,25-26,45,53-54H,10-13,18-21H2,1-8H3,(H,57,58)/p-1. The molecule has 0 fully saturated rings. The predicted molar refractivity (Wildman–Crippen MR) is 240 cm³/mol. The summed E-state index contributed by atoms with van der Waals surface area (Å²) in [5, 5.41) is 47.4. The van der Waals surface area contributed by atoms with Crippen molar-refractivity contribution in [1.29, 1.82) is 5.26 Å². The number of hydrogen-bond acceptors (Lipinski definition) is 15. The predicted octanol–water partition coefficient (Wildman–Crippen LogP) is 7.51. The van der Waals surface area contributed by atoms with Crippen LogP contribution in [-0.2, 0) is 43.9 Å². The van der Waals surface area contributed by atoms with Gasteiger partial charge in [0.15, 0.2) is 11.6 Å². The van der Waals surface area contributed by atoms with Crippen molar-refractivity contribution < 1.29 is 36.9 Å². The molecule has 0 aliphatic carbocycles. The van der Waals surface area contributed by atoms with E-state index in [4.69, 9.17) is 16.0 Å². The smallest absolute Gasteiger partial charge is 0.281 e. The summed E-state index contributed by atoms with van der Waals surface area (Å²) in [4.78, 5) is 29.5. The van der Waals surface area contributed by atoms with Crippen LogP contribution in [0, 0.1) is 31.8 Å². The van der Waals surface area contributed by atoms with Crippen molar-refractivity contribution in [1.82, 2.24) is 13.9 Å². The normalized spacial score (nSPS) is 12.4. The van der Waals surface area contributed by atoms with Gasteiger partial charge < -0.3 is 28.5 Å². The Morgan fingerprint density at radius 1 is 0.875 bits per heavy atom. The fourth-order valence-electron chi connectivity index (χ4n) is 6.42. The van der Waals surface area contributed by atoms with Crippen LogP contribution in [0.15, 0.2) is 71.3 Å². The van der Waals surface area contributed by atoms with E-state index in [2.05, 4.69) is 30.0 Å². The summed E-state index contributed by atoms with van der Waals surface area (Å²) >= 11 is -2.94. The maximum atomic E-state index is 14.3. The summed E-state index contributed by atoms with van der Waals surface area (Å²) in [7, 11) is -4.43. The third-order valence-electron chi connectivity index (χ3n) is 9.67. The van der Waals surface area contributed by atoms with E-state index in [1.54, 1.807) is 13.8 Å². The first kappa shape index (κ1) is 50.5. The van der Waals surface area contributed by atoms with Crippen molar-refractivity contribution in [2.45, 2.75) is 98.4 Å². The number of sulfonamides is 1. The second kappa shape index (κ2) is 22.5. The topological polar surface area (TPSA) is 270 Å². The first-order valence-electron chi connectivity index (χ1n) is 20.2. The van der Waals surface area contributed by atoms with Gasteiger partial charge in [-0.15, -0.1) is 10.2 Å². The Labute approximate surface area is 373 Å². The second-order valence-electron chi connectivity index (χ2n) is 14.7. The molecule has 342 valence electrons. The summed E-state index contributed by atoms with van der Waals surface area (Å²) in [6.45, 7) is 21.3. The van der Waals surface area contributed by atoms with Gasteiger partial charge in [-0.05, 0) is 98.1 Å². The SMILES string of the molecule is [C-]#[N+]c1c(C)c(N=Nc2ccc(-c3ccc(N=Nc4c(C)c(C#N)c(O)n(CC)c4=O)cc3N(CCCOC(C)C)S(=O)[O-])c(S(=O)(=O)NCCCOC(C)C)c2)c(=O)n(CC)c1O. The number of pyridine rings is 2. The van der Waals surface area contributed by atoms with E-state index in [1.165, 1.54) is 50.2 Å². The zero-order chi connectivity index (χ0) is 47.5. The van der Waals surface area contributed by atoms with E-state index in [0.29, 0.717) is 6.42 Å². The minimum atomic E-state index is -4.43. The van der Waals surface area contributed by atoms with Crippen LogP contribution in [0.3, 0.4) is 0 Å². The van der Waals surface area contributed by atoms with Gasteiger partial charge in [-0.25, -0.2) is 18.0 Å². The molecule has 0 radical (unpaired) electrons. The molecule has 64 heavy (non-hydrogen) atoms. The number of aromatic hydroxyl groups is 2. The highest BCUT2D eigenvalue weighted by molar-refractivity contribution is 7.89. The maximum absolute atomic E-state index is 14.3. The van der Waals surface area contributed by atoms with Gasteiger partial charge in [-0.3, -0.25) is 22.9 Å². The molecular weight excluding hydrogens is 869 g/mol. The summed E-state index contributed by atoms with van der Waals surface area (Å²) in [5.74, 6) is -1.04. The van der Waals surface area contributed by atoms with Gasteiger partial charge in [0.1, 0.15) is 17.3 Å². The molecule has 22 heteroatoms. The number of anilines is 1. The second-order valence-corrected chi connectivity index (χ2v) is 17.3. The number of aromatic nitrogens is 2. The molecule has 0 saturated heterocycles. The number of nitrogens with zero attached hydrogens (tertiary/aromatic N) is 9. The van der Waals surface area contributed by atoms with Gasteiger partial charge in [0.05, 0.1) is 40.7 Å². The molecule has 0 saturated carbocycles. The average molecular weight is 920 g/mol. The van der Waals surface area contributed by atoms with Crippen molar-refractivity contribution in [3.8, 4) is 29.0 Å². The van der Waals surface area contributed by atoms with Crippen molar-refractivity contribution in [2.24, 2.45) is 20.5 Å². The lowest BCUT2D eigenvalue weighted by Gasteiger charge is -2.29. The summed E-state index contributed by atoms with van der Waals surface area (Å²) in [6.07, 6.45) is 0.317. The molecule has 2 aromatic heterocycles. The molecular formula is C42H51N10O10S2-. The Morgan fingerprint density at radius 3 is 1.94 bits per heavy atom. The van der Waals surface area contributed by atoms with Crippen LogP contribution in [0.4, 0.5) is 34.1 Å². The molecule has 0 bridgehead atoms. The van der Waals surface area contributed by atoms with Gasteiger partial charge in [0.25, 0.3) is 11.1 Å². The van der Waals surface area contributed by atoms with Gasteiger partial charge >= 0.3 is 0 Å². The molecule has 4 rings (SSSR count). The Kier molecular flexibility index (Phi) is 17.7. The highest BCUT2D eigenvalue weighted by atomic mass is 32.2. The Balaban J connectivity index is 1.98. The molecule has 0 aliphatic rings. The summed E-state index contributed by atoms with van der Waals surface area (Å²) in [6, 6.07) is 10.1. The van der Waals surface area contributed by atoms with Crippen LogP contribution in [0.1, 0.15) is 71.1 Å². The number of hydrogen-bond donors (Lipinski definition) is 3. The molecule has 20 nitrogen and oxygen atoms in total. The van der Waals surface area contributed by atoms with Crippen LogP contribution in [0.25, 0.3) is 16.0 Å². The molecule has 0 aliphatic heterocycles. The number of azo groups is 2. The van der Waals surface area contributed by atoms with E-state index in [-0.39, 0.29) is 125 Å². The minimum Gasteiger partial charge on any atom is -0.755 e. The van der Waals surface area contributed by atoms with Gasteiger partial charge in [0.2, 0.25) is 21.6 Å². The fourth-order valence-corrected chi connectivity index (χ4v) is 8.32. The van der Waals surface area contributed by atoms with Crippen molar-refractivity contribution >= 4 is 55.4 Å². The lowest BCUT2D eigenvalue weighted by Crippen LogP contribution is -2.29. The van der Waals surface area contributed by atoms with Gasteiger partial charge in [-0.1, -0.05) is 12.1 Å². The van der Waals surface area contributed by atoms with E-state index < -0.39 is 44.2 Å². The molecule has 1 unspecified atom stereocenters. The lowest BCUT2D eigenvalue weighted by atomic mass is 10.0. The first-order valence-corrected chi connectivity index (χ1v) is 22.8. The average Bonchev–Trinajstić information content (AvgIpc) is 3.23. The lowest BCUT2D eigenvalue weighted by molar-refractivity contribution is 0.0777. The molecule has 2 heterocycles. The third-order valence-corrected chi connectivity index (χ3v) is 11.9. The van der Waals surface area contributed by atoms with Gasteiger partial charge in [0, 0.05) is 67.3 Å². The molecule has 0 spiro atoms. The first-order chi connectivity index (χ1) is 30.3. The number of rotatable bonds is 21. The zero-order valence-corrected chi connectivity index (χ0v) is 38.4. The van der Waals surface area contributed by atoms with Crippen molar-refractivity contribution in [3.63, 3.8) is 0 Å². The monoisotopic (exact) mass is 919 g/mol. The molecule has 3 N–H and O–H groups in total. The number of nitriles is 1. The zero-order valence-electron chi connectivity index (χ0n) is 36.8. The van der Waals surface area contributed by atoms with Gasteiger partial charge in [-0.2, -0.15) is 15.5 Å². The Bertz CT molecular complexity index is 2770. The maximum Gasteiger partial charge on any atom is 0.281 e. The Morgan fingerprint density at radius 2 is 1.41 bits per heavy atom. The molecule has 0 amide bonds. The number of benzene rings is 2. The van der Waals surface area contributed by atoms with Crippen LogP contribution in [-0.4, -0.2) is 75.0 Å². The van der Waals surface area contributed by atoms with Crippen LogP contribution in [0.2, 0.25) is 0 Å². The number of nitrogens with one attached hydrogen (secondary N) is 1. The minimum absolute atomic E-state index is 0.0237. The van der Waals surface area contributed by atoms with Crippen molar-refractivity contribution in [2.75, 3.05) is 30.6 Å². The molecule has 4 aromatic rings. The van der Waals surface area contributed by atoms with Crippen LogP contribution in [0.5, 0.6) is 11.8 Å². The molecule has 2 aromatic carbocycles. The quantitative estimate of drug-likeness (QED) is 0.0318. The van der Waals surface area contributed by atoms with E-state index in [1.807, 2.05) is 33.8 Å². The third kappa shape index (κ3) is 11.7. The highest BCUT2D eigenvalue weighted by Gasteiger charge is 2.25. The largest absolute Gasteiger partial charge is 0.755 e. The Hall–Kier alpha value is -6.14. The van der Waals surface area contributed by atoms with E-state index in [0.717, 1.165) is 13.4 Å². The van der Waals surface area contributed by atoms with E-state index in [9.17, 15) is 42.2 Å². The van der Waals surface area contributed by atoms with Crippen molar-refractivity contribution in [3.05, 3.63) is 85.2 Å². The molecule has 1 atom stereocenters. The fraction of sp³-hybridized carbons (Fsp3) is 0.429. The number of ether oxygens (including phenoxy) is 2. The summed E-state index contributed by atoms with van der Waals surface area (Å²) in [5.41, 5.74) is -2.04. The van der Waals surface area contributed by atoms with Crippen LogP contribution < -0.4 is 20.1 Å².